The Hall–Kier alpha value is -1.83. The number of hydrogen-bond acceptors (Lipinski definition) is 5. The molecule has 2 rings (SSSR count). The number of ether oxygens (including phenoxy) is 3. The van der Waals surface area contributed by atoms with Gasteiger partial charge in [0.2, 0.25) is 0 Å². The smallest absolute Gasteiger partial charge is 0.191 e. The summed E-state index contributed by atoms with van der Waals surface area (Å²) in [6.45, 7) is 8.85. The molecule has 1 saturated heterocycles. The van der Waals surface area contributed by atoms with Crippen molar-refractivity contribution in [2.75, 3.05) is 66.8 Å². The molecule has 0 aliphatic carbocycles. The Morgan fingerprint density at radius 3 is 2.52 bits per heavy atom. The van der Waals surface area contributed by atoms with Gasteiger partial charge < -0.3 is 24.8 Å². The van der Waals surface area contributed by atoms with Crippen LogP contribution in [0.5, 0.6) is 5.75 Å². The van der Waals surface area contributed by atoms with Crippen molar-refractivity contribution in [2.24, 2.45) is 4.99 Å². The van der Waals surface area contributed by atoms with E-state index in [0.29, 0.717) is 0 Å². The van der Waals surface area contributed by atoms with Gasteiger partial charge in [-0.05, 0) is 30.5 Å². The van der Waals surface area contributed by atoms with Gasteiger partial charge in [0, 0.05) is 46.4 Å². The van der Waals surface area contributed by atoms with Crippen LogP contribution in [0.15, 0.2) is 29.3 Å². The molecule has 1 atom stereocenters. The summed E-state index contributed by atoms with van der Waals surface area (Å²) in [6.07, 6.45) is 3.27. The summed E-state index contributed by atoms with van der Waals surface area (Å²) < 4.78 is 16.5. The number of morpholine rings is 1. The molecule has 1 aromatic rings. The largest absolute Gasteiger partial charge is 0.497 e. The van der Waals surface area contributed by atoms with Crippen LogP contribution in [0.2, 0.25) is 0 Å². The Kier molecular flexibility index (Phi) is 11.5. The van der Waals surface area contributed by atoms with Crippen LogP contribution in [-0.4, -0.2) is 77.6 Å². The molecular weight excluding hydrogens is 368 g/mol. The number of nitrogens with zero attached hydrogens (tertiary/aromatic N) is 2. The van der Waals surface area contributed by atoms with Crippen LogP contribution >= 0.6 is 0 Å². The number of nitrogens with one attached hydrogen (secondary N) is 2. The molecule has 1 aliphatic rings. The first-order chi connectivity index (χ1) is 14.3. The molecule has 0 saturated carbocycles. The molecule has 7 heteroatoms. The minimum atomic E-state index is 0.251. The van der Waals surface area contributed by atoms with Gasteiger partial charge in [0.05, 0.1) is 26.4 Å². The van der Waals surface area contributed by atoms with Gasteiger partial charge in [0.25, 0.3) is 0 Å². The molecule has 1 aliphatic heterocycles. The summed E-state index contributed by atoms with van der Waals surface area (Å²) in [5.41, 5.74) is 1.26. The lowest BCUT2D eigenvalue weighted by molar-refractivity contribution is 0.0170. The molecule has 0 aromatic heterocycles. The molecule has 1 heterocycles. The topological polar surface area (TPSA) is 67.3 Å². The molecule has 29 heavy (non-hydrogen) atoms. The second kappa shape index (κ2) is 14.2. The summed E-state index contributed by atoms with van der Waals surface area (Å²) in [4.78, 5) is 6.83. The zero-order valence-electron chi connectivity index (χ0n) is 18.3. The number of rotatable bonds is 12. The molecule has 7 nitrogen and oxygen atoms in total. The fourth-order valence-corrected chi connectivity index (χ4v) is 3.32. The third-order valence-electron chi connectivity index (χ3n) is 5.07. The normalized spacial score (nSPS) is 16.4. The van der Waals surface area contributed by atoms with Gasteiger partial charge in [-0.15, -0.1) is 0 Å². The van der Waals surface area contributed by atoms with E-state index in [9.17, 15) is 0 Å². The maximum Gasteiger partial charge on any atom is 0.191 e. The molecular formula is C22H38N4O3. The van der Waals surface area contributed by atoms with Crippen molar-refractivity contribution in [2.45, 2.75) is 32.2 Å². The van der Waals surface area contributed by atoms with E-state index in [-0.39, 0.29) is 6.04 Å². The quantitative estimate of drug-likeness (QED) is 0.316. The van der Waals surface area contributed by atoms with Crippen molar-refractivity contribution in [1.82, 2.24) is 15.5 Å². The van der Waals surface area contributed by atoms with Crippen LogP contribution in [-0.2, 0) is 9.47 Å². The van der Waals surface area contributed by atoms with Crippen LogP contribution in [0.4, 0.5) is 0 Å². The lowest BCUT2D eigenvalue weighted by atomic mass is 10.0. The van der Waals surface area contributed by atoms with Crippen LogP contribution in [0.3, 0.4) is 0 Å². The number of benzene rings is 1. The molecule has 0 amide bonds. The Morgan fingerprint density at radius 2 is 1.86 bits per heavy atom. The minimum Gasteiger partial charge on any atom is -0.497 e. The van der Waals surface area contributed by atoms with E-state index in [2.05, 4.69) is 39.6 Å². The Labute approximate surface area is 175 Å². The van der Waals surface area contributed by atoms with E-state index in [1.807, 2.05) is 19.2 Å². The van der Waals surface area contributed by atoms with Gasteiger partial charge >= 0.3 is 0 Å². The van der Waals surface area contributed by atoms with Crippen molar-refractivity contribution < 1.29 is 14.2 Å². The van der Waals surface area contributed by atoms with Crippen molar-refractivity contribution in [3.63, 3.8) is 0 Å². The highest BCUT2D eigenvalue weighted by atomic mass is 16.5. The number of guanidine groups is 1. The average Bonchev–Trinajstić information content (AvgIpc) is 2.78. The molecule has 0 radical (unpaired) electrons. The standard InChI is InChI=1S/C22H38N4O3/c1-4-5-14-28-15-6-11-24-22(23-2)25-18-21(26-12-16-29-17-13-26)19-7-9-20(27-3)10-8-19/h7-10,21H,4-6,11-18H2,1-3H3,(H2,23,24,25). The van der Waals surface area contributed by atoms with Crippen LogP contribution < -0.4 is 15.4 Å². The first-order valence-corrected chi connectivity index (χ1v) is 10.8. The highest BCUT2D eigenvalue weighted by molar-refractivity contribution is 5.79. The number of methoxy groups -OCH3 is 1. The second-order valence-corrected chi connectivity index (χ2v) is 7.14. The van der Waals surface area contributed by atoms with Gasteiger partial charge in [-0.25, -0.2) is 0 Å². The van der Waals surface area contributed by atoms with Crippen LogP contribution in [0.1, 0.15) is 37.8 Å². The van der Waals surface area contributed by atoms with Gasteiger partial charge in [0.15, 0.2) is 5.96 Å². The van der Waals surface area contributed by atoms with Crippen molar-refractivity contribution in [3.05, 3.63) is 29.8 Å². The van der Waals surface area contributed by atoms with Crippen LogP contribution in [0, 0.1) is 0 Å². The molecule has 0 bridgehead atoms. The molecule has 1 aromatic carbocycles. The molecule has 1 unspecified atom stereocenters. The van der Waals surface area contributed by atoms with Crippen molar-refractivity contribution in [1.29, 1.82) is 0 Å². The zero-order valence-corrected chi connectivity index (χ0v) is 18.3. The van der Waals surface area contributed by atoms with E-state index in [1.165, 1.54) is 12.0 Å². The molecule has 0 spiro atoms. The highest BCUT2D eigenvalue weighted by Gasteiger charge is 2.23. The van der Waals surface area contributed by atoms with Gasteiger partial charge in [-0.1, -0.05) is 25.5 Å². The summed E-state index contributed by atoms with van der Waals surface area (Å²) in [5, 5.41) is 6.87. The Morgan fingerprint density at radius 1 is 1.14 bits per heavy atom. The lowest BCUT2D eigenvalue weighted by Crippen LogP contribution is -2.46. The second-order valence-electron chi connectivity index (χ2n) is 7.14. The van der Waals surface area contributed by atoms with Gasteiger partial charge in [-0.3, -0.25) is 9.89 Å². The van der Waals surface area contributed by atoms with E-state index in [1.54, 1.807) is 7.11 Å². The minimum absolute atomic E-state index is 0.251. The predicted octanol–water partition coefficient (Wildman–Crippen LogP) is 2.44. The number of aliphatic imine (C=N–C) groups is 1. The first kappa shape index (κ1) is 23.4. The summed E-state index contributed by atoms with van der Waals surface area (Å²) >= 11 is 0. The monoisotopic (exact) mass is 406 g/mol. The molecule has 1 fully saturated rings. The third kappa shape index (κ3) is 8.60. The van der Waals surface area contributed by atoms with Gasteiger partial charge in [0.1, 0.15) is 5.75 Å². The van der Waals surface area contributed by atoms with Crippen LogP contribution in [0.25, 0.3) is 0 Å². The van der Waals surface area contributed by atoms with E-state index >= 15 is 0 Å². The Bertz CT molecular complexity index is 574. The summed E-state index contributed by atoms with van der Waals surface area (Å²) in [7, 11) is 3.50. The Balaban J connectivity index is 1.85. The molecule has 2 N–H and O–H groups in total. The SMILES string of the molecule is CCCCOCCCNC(=NC)NCC(c1ccc(OC)cc1)N1CCOCC1. The fourth-order valence-electron chi connectivity index (χ4n) is 3.32. The van der Waals surface area contributed by atoms with Crippen molar-refractivity contribution in [3.8, 4) is 5.75 Å². The predicted molar refractivity (Wildman–Crippen MR) is 118 cm³/mol. The zero-order chi connectivity index (χ0) is 20.7. The summed E-state index contributed by atoms with van der Waals surface area (Å²) in [6, 6.07) is 8.58. The lowest BCUT2D eigenvalue weighted by Gasteiger charge is -2.35. The highest BCUT2D eigenvalue weighted by Crippen LogP contribution is 2.23. The maximum absolute atomic E-state index is 5.61. The van der Waals surface area contributed by atoms with Gasteiger partial charge in [-0.2, -0.15) is 0 Å². The van der Waals surface area contributed by atoms with Crippen molar-refractivity contribution >= 4 is 5.96 Å². The first-order valence-electron chi connectivity index (χ1n) is 10.8. The van der Waals surface area contributed by atoms with E-state index < -0.39 is 0 Å². The third-order valence-corrected chi connectivity index (χ3v) is 5.07. The van der Waals surface area contributed by atoms with E-state index in [0.717, 1.165) is 77.2 Å². The number of hydrogen-bond donors (Lipinski definition) is 2. The molecule has 164 valence electrons. The maximum atomic E-state index is 5.61. The fraction of sp³-hybridized carbons (Fsp3) is 0.682. The summed E-state index contributed by atoms with van der Waals surface area (Å²) in [5.74, 6) is 1.70. The average molecular weight is 407 g/mol. The van der Waals surface area contributed by atoms with E-state index in [4.69, 9.17) is 14.2 Å². The number of unbranched alkanes of at least 4 members (excludes halogenated alkanes) is 1.